The third-order valence-corrected chi connectivity index (χ3v) is 4.05. The summed E-state index contributed by atoms with van der Waals surface area (Å²) in [6.07, 6.45) is 0.983. The molecular weight excluding hydrogens is 340 g/mol. The second-order valence-electron chi connectivity index (χ2n) is 5.72. The Morgan fingerprint density at radius 3 is 2.88 bits per heavy atom. The highest BCUT2D eigenvalue weighted by molar-refractivity contribution is 6.32. The van der Waals surface area contributed by atoms with Crippen LogP contribution in [0.2, 0.25) is 5.02 Å². The molecular formula is C19H17ClN2O3. The molecule has 2 aromatic carbocycles. The molecule has 0 saturated carbocycles. The summed E-state index contributed by atoms with van der Waals surface area (Å²) in [6, 6.07) is 12.7. The summed E-state index contributed by atoms with van der Waals surface area (Å²) in [5.74, 6) is 0.985. The van der Waals surface area contributed by atoms with Crippen molar-refractivity contribution in [3.05, 3.63) is 58.1 Å². The fourth-order valence-corrected chi connectivity index (χ4v) is 2.87. The lowest BCUT2D eigenvalue weighted by Gasteiger charge is -2.12. The summed E-state index contributed by atoms with van der Waals surface area (Å²) in [5.41, 5.74) is 2.21. The summed E-state index contributed by atoms with van der Waals surface area (Å²) >= 11 is 6.24. The van der Waals surface area contributed by atoms with E-state index in [-0.39, 0.29) is 12.3 Å². The number of ether oxygens (including phenoxy) is 2. The third-order valence-electron chi connectivity index (χ3n) is 3.77. The zero-order valence-corrected chi connectivity index (χ0v) is 14.3. The molecule has 0 unspecified atom stereocenters. The van der Waals surface area contributed by atoms with Crippen LogP contribution in [0.1, 0.15) is 23.1 Å². The van der Waals surface area contributed by atoms with Crippen molar-refractivity contribution in [3.8, 4) is 17.6 Å². The lowest BCUT2D eigenvalue weighted by Crippen LogP contribution is -2.24. The van der Waals surface area contributed by atoms with E-state index in [0.717, 1.165) is 17.5 Å². The minimum atomic E-state index is -0.132. The molecule has 2 aromatic rings. The van der Waals surface area contributed by atoms with Crippen LogP contribution in [-0.2, 0) is 17.8 Å². The predicted octanol–water partition coefficient (Wildman–Crippen LogP) is 3.23. The van der Waals surface area contributed by atoms with Crippen molar-refractivity contribution in [2.45, 2.75) is 19.4 Å². The van der Waals surface area contributed by atoms with Crippen molar-refractivity contribution in [2.24, 2.45) is 0 Å². The van der Waals surface area contributed by atoms with Gasteiger partial charge in [0, 0.05) is 13.0 Å². The molecule has 1 aliphatic heterocycles. The van der Waals surface area contributed by atoms with Gasteiger partial charge < -0.3 is 14.8 Å². The number of nitrogens with one attached hydrogen (secondary N) is 1. The molecule has 0 spiro atoms. The number of fused-ring (bicyclic) bond motifs is 1. The number of carbonyl (C=O) groups excluding carboxylic acids is 1. The smallest absolute Gasteiger partial charge is 0.224 e. The summed E-state index contributed by atoms with van der Waals surface area (Å²) in [5, 5.41) is 12.2. The quantitative estimate of drug-likeness (QED) is 0.912. The van der Waals surface area contributed by atoms with Gasteiger partial charge in [0.05, 0.1) is 36.3 Å². The molecule has 0 atom stereocenters. The fourth-order valence-electron chi connectivity index (χ4n) is 2.59. The van der Waals surface area contributed by atoms with Gasteiger partial charge >= 0.3 is 0 Å². The van der Waals surface area contributed by atoms with Gasteiger partial charge in [-0.15, -0.1) is 0 Å². The molecule has 0 aliphatic carbocycles. The number of hydrogen-bond donors (Lipinski definition) is 1. The molecule has 25 heavy (non-hydrogen) atoms. The highest BCUT2D eigenvalue weighted by Crippen LogP contribution is 2.38. The van der Waals surface area contributed by atoms with Crippen LogP contribution in [0.15, 0.2) is 36.4 Å². The molecule has 128 valence electrons. The van der Waals surface area contributed by atoms with E-state index in [0.29, 0.717) is 41.8 Å². The van der Waals surface area contributed by atoms with Crippen LogP contribution < -0.4 is 14.8 Å². The normalized spacial score (nSPS) is 12.8. The Hall–Kier alpha value is -2.71. The molecule has 0 bridgehead atoms. The Morgan fingerprint density at radius 1 is 1.20 bits per heavy atom. The summed E-state index contributed by atoms with van der Waals surface area (Å²) in [6.45, 7) is 1.50. The number of benzene rings is 2. The van der Waals surface area contributed by atoms with Crippen molar-refractivity contribution in [1.82, 2.24) is 5.32 Å². The number of nitriles is 1. The van der Waals surface area contributed by atoms with Crippen LogP contribution in [-0.4, -0.2) is 19.1 Å². The molecule has 1 N–H and O–H groups in total. The van der Waals surface area contributed by atoms with Gasteiger partial charge in [-0.1, -0.05) is 23.7 Å². The van der Waals surface area contributed by atoms with E-state index in [9.17, 15) is 4.79 Å². The van der Waals surface area contributed by atoms with Crippen LogP contribution in [0, 0.1) is 11.3 Å². The molecule has 0 aromatic heterocycles. The molecule has 5 nitrogen and oxygen atoms in total. The molecule has 0 radical (unpaired) electrons. The largest absolute Gasteiger partial charge is 0.489 e. The van der Waals surface area contributed by atoms with Crippen LogP contribution in [0.4, 0.5) is 0 Å². The molecule has 0 saturated heterocycles. The lowest BCUT2D eigenvalue weighted by atomic mass is 10.1. The van der Waals surface area contributed by atoms with Crippen LogP contribution in [0.3, 0.4) is 0 Å². The maximum Gasteiger partial charge on any atom is 0.224 e. The SMILES string of the molecule is N#Cc1cccc(CNC(=O)Cc2cc(Cl)c3c(c2)OCCCO3)c1. The van der Waals surface area contributed by atoms with Crippen LogP contribution in [0.25, 0.3) is 0 Å². The van der Waals surface area contributed by atoms with E-state index in [4.69, 9.17) is 26.3 Å². The second-order valence-corrected chi connectivity index (χ2v) is 6.13. The van der Waals surface area contributed by atoms with Gasteiger partial charge in [0.2, 0.25) is 5.91 Å². The molecule has 0 fully saturated rings. The number of halogens is 1. The average Bonchev–Trinajstić information content (AvgIpc) is 2.86. The average molecular weight is 357 g/mol. The van der Waals surface area contributed by atoms with Gasteiger partial charge in [-0.25, -0.2) is 0 Å². The highest BCUT2D eigenvalue weighted by Gasteiger charge is 2.16. The van der Waals surface area contributed by atoms with Crippen LogP contribution in [0.5, 0.6) is 11.5 Å². The first kappa shape index (κ1) is 17.1. The Balaban J connectivity index is 1.64. The summed E-state index contributed by atoms with van der Waals surface area (Å²) in [4.78, 5) is 12.2. The Bertz CT molecular complexity index is 830. The van der Waals surface area contributed by atoms with Gasteiger partial charge in [0.25, 0.3) is 0 Å². The monoisotopic (exact) mass is 356 g/mol. The number of nitrogens with zero attached hydrogens (tertiary/aromatic N) is 1. The Kier molecular flexibility index (Phi) is 5.42. The molecule has 1 aliphatic rings. The van der Waals surface area contributed by atoms with Gasteiger partial charge in [-0.2, -0.15) is 5.26 Å². The lowest BCUT2D eigenvalue weighted by molar-refractivity contribution is -0.120. The van der Waals surface area contributed by atoms with Crippen LogP contribution >= 0.6 is 11.6 Å². The van der Waals surface area contributed by atoms with E-state index in [1.165, 1.54) is 0 Å². The number of rotatable bonds is 4. The topological polar surface area (TPSA) is 71.4 Å². The van der Waals surface area contributed by atoms with Crippen molar-refractivity contribution in [2.75, 3.05) is 13.2 Å². The minimum absolute atomic E-state index is 0.132. The standard InChI is InChI=1S/C19H17ClN2O3/c20-16-8-15(9-17-19(16)25-6-2-5-24-17)10-18(23)22-12-14-4-1-3-13(7-14)11-21/h1,3-4,7-9H,2,5-6,10,12H2,(H,22,23). The van der Waals surface area contributed by atoms with Gasteiger partial charge in [-0.05, 0) is 35.4 Å². The maximum atomic E-state index is 12.2. The summed E-state index contributed by atoms with van der Waals surface area (Å²) < 4.78 is 11.2. The minimum Gasteiger partial charge on any atom is -0.489 e. The van der Waals surface area contributed by atoms with Gasteiger partial charge in [-0.3, -0.25) is 4.79 Å². The third kappa shape index (κ3) is 4.43. The van der Waals surface area contributed by atoms with Crippen molar-refractivity contribution in [1.29, 1.82) is 5.26 Å². The van der Waals surface area contributed by atoms with Gasteiger partial charge in [0.15, 0.2) is 11.5 Å². The molecule has 1 amide bonds. The first-order valence-electron chi connectivity index (χ1n) is 7.99. The molecule has 3 rings (SSSR count). The second kappa shape index (κ2) is 7.91. The van der Waals surface area contributed by atoms with E-state index < -0.39 is 0 Å². The maximum absolute atomic E-state index is 12.2. The van der Waals surface area contributed by atoms with E-state index in [1.54, 1.807) is 30.3 Å². The molecule has 6 heteroatoms. The first-order chi connectivity index (χ1) is 12.2. The molecule has 1 heterocycles. The summed E-state index contributed by atoms with van der Waals surface area (Å²) in [7, 11) is 0. The van der Waals surface area contributed by atoms with E-state index in [1.807, 2.05) is 6.07 Å². The van der Waals surface area contributed by atoms with Crippen molar-refractivity contribution >= 4 is 17.5 Å². The van der Waals surface area contributed by atoms with E-state index >= 15 is 0 Å². The number of amides is 1. The number of carbonyl (C=O) groups is 1. The Labute approximate surface area is 151 Å². The Morgan fingerprint density at radius 2 is 2.04 bits per heavy atom. The number of hydrogen-bond acceptors (Lipinski definition) is 4. The first-order valence-corrected chi connectivity index (χ1v) is 8.37. The fraction of sp³-hybridized carbons (Fsp3) is 0.263. The van der Waals surface area contributed by atoms with Gasteiger partial charge in [0.1, 0.15) is 0 Å². The van der Waals surface area contributed by atoms with Crippen molar-refractivity contribution in [3.63, 3.8) is 0 Å². The zero-order chi connectivity index (χ0) is 17.6. The highest BCUT2D eigenvalue weighted by atomic mass is 35.5. The van der Waals surface area contributed by atoms with E-state index in [2.05, 4.69) is 11.4 Å². The zero-order valence-electron chi connectivity index (χ0n) is 13.5. The van der Waals surface area contributed by atoms with Crippen molar-refractivity contribution < 1.29 is 14.3 Å². The predicted molar refractivity (Wildman–Crippen MR) is 93.8 cm³/mol.